The fourth-order valence-electron chi connectivity index (χ4n) is 0.631. The van der Waals surface area contributed by atoms with E-state index in [4.69, 9.17) is 18.0 Å². The fraction of sp³-hybridized carbons (Fsp3) is 0.333. The van der Waals surface area contributed by atoms with Gasteiger partial charge in [-0.25, -0.2) is 0 Å². The molecule has 0 fully saturated rings. The van der Waals surface area contributed by atoms with Crippen molar-refractivity contribution in [3.05, 3.63) is 5.82 Å². The van der Waals surface area contributed by atoms with Gasteiger partial charge < -0.3 is 5.73 Å². The van der Waals surface area contributed by atoms with Crippen molar-refractivity contribution >= 4 is 40.7 Å². The van der Waals surface area contributed by atoms with Crippen LogP contribution in [0, 0.1) is 0 Å². The number of thioether (sulfide) groups is 2. The van der Waals surface area contributed by atoms with Crippen molar-refractivity contribution in [2.75, 3.05) is 12.5 Å². The van der Waals surface area contributed by atoms with Crippen molar-refractivity contribution in [1.29, 1.82) is 0 Å². The Morgan fingerprint density at radius 3 is 1.92 bits per heavy atom. The molecule has 0 atom stereocenters. The molecule has 0 aromatic carbocycles. The van der Waals surface area contributed by atoms with Gasteiger partial charge in [0, 0.05) is 0 Å². The Bertz CT molecular complexity index is 305. The highest BCUT2D eigenvalue weighted by Gasteiger charge is 2.06. The lowest BCUT2D eigenvalue weighted by Gasteiger charge is -2.01. The monoisotopic (exact) mass is 232 g/mol. The molecule has 1 heterocycles. The second kappa shape index (κ2) is 4.73. The molecular weight excluding hydrogens is 224 g/mol. The molecule has 0 radical (unpaired) electrons. The zero-order chi connectivity index (χ0) is 9.84. The molecule has 0 aliphatic heterocycles. The van der Waals surface area contributed by atoms with E-state index in [9.17, 15) is 0 Å². The lowest BCUT2D eigenvalue weighted by atomic mass is 10.6. The number of aromatic nitrogens is 3. The van der Waals surface area contributed by atoms with Crippen LogP contribution in [-0.4, -0.2) is 32.5 Å². The largest absolute Gasteiger partial charge is 0.387 e. The van der Waals surface area contributed by atoms with Crippen molar-refractivity contribution in [2.45, 2.75) is 10.3 Å². The summed E-state index contributed by atoms with van der Waals surface area (Å²) in [5.74, 6) is 0.388. The summed E-state index contributed by atoms with van der Waals surface area (Å²) in [6.45, 7) is 0. The van der Waals surface area contributed by atoms with Crippen LogP contribution in [0.3, 0.4) is 0 Å². The van der Waals surface area contributed by atoms with Crippen LogP contribution in [0.25, 0.3) is 0 Å². The van der Waals surface area contributed by atoms with E-state index >= 15 is 0 Å². The van der Waals surface area contributed by atoms with E-state index in [-0.39, 0.29) is 4.99 Å². The molecule has 2 N–H and O–H groups in total. The van der Waals surface area contributed by atoms with Gasteiger partial charge in [-0.05, 0) is 12.5 Å². The SMILES string of the molecule is CSc1nc(SC)nc(C(N)=S)n1. The maximum Gasteiger partial charge on any atom is 0.191 e. The normalized spacial score (nSPS) is 10.0. The van der Waals surface area contributed by atoms with Gasteiger partial charge in [-0.2, -0.15) is 15.0 Å². The predicted molar refractivity (Wildman–Crippen MR) is 59.3 cm³/mol. The molecule has 0 bridgehead atoms. The topological polar surface area (TPSA) is 64.7 Å². The Labute approximate surface area is 90.1 Å². The molecule has 1 aromatic heterocycles. The molecule has 4 nitrogen and oxygen atoms in total. The molecule has 0 spiro atoms. The summed E-state index contributed by atoms with van der Waals surface area (Å²) in [6, 6.07) is 0. The van der Waals surface area contributed by atoms with Crippen LogP contribution in [0.4, 0.5) is 0 Å². The zero-order valence-electron chi connectivity index (χ0n) is 7.14. The maximum absolute atomic E-state index is 5.42. The minimum atomic E-state index is 0.202. The first-order valence-electron chi connectivity index (χ1n) is 3.31. The van der Waals surface area contributed by atoms with E-state index in [0.717, 1.165) is 0 Å². The van der Waals surface area contributed by atoms with Gasteiger partial charge in [0.2, 0.25) is 0 Å². The molecule has 1 aromatic rings. The quantitative estimate of drug-likeness (QED) is 0.615. The van der Waals surface area contributed by atoms with Crippen LogP contribution in [-0.2, 0) is 0 Å². The zero-order valence-corrected chi connectivity index (χ0v) is 9.59. The summed E-state index contributed by atoms with van der Waals surface area (Å²) in [5.41, 5.74) is 5.42. The number of rotatable bonds is 3. The molecule has 0 saturated carbocycles. The number of hydrogen-bond donors (Lipinski definition) is 1. The minimum absolute atomic E-state index is 0.202. The number of hydrogen-bond acceptors (Lipinski definition) is 6. The van der Waals surface area contributed by atoms with Crippen molar-refractivity contribution in [1.82, 2.24) is 15.0 Å². The summed E-state index contributed by atoms with van der Waals surface area (Å²) in [6.07, 6.45) is 3.78. The highest BCUT2D eigenvalue weighted by molar-refractivity contribution is 7.99. The molecule has 0 amide bonds. The lowest BCUT2D eigenvalue weighted by Crippen LogP contribution is -2.15. The van der Waals surface area contributed by atoms with Crippen LogP contribution in [0.1, 0.15) is 5.82 Å². The number of nitrogens with zero attached hydrogens (tertiary/aromatic N) is 3. The highest BCUT2D eigenvalue weighted by atomic mass is 32.2. The van der Waals surface area contributed by atoms with E-state index in [1.54, 1.807) is 0 Å². The van der Waals surface area contributed by atoms with Crippen molar-refractivity contribution in [3.8, 4) is 0 Å². The van der Waals surface area contributed by atoms with Crippen molar-refractivity contribution < 1.29 is 0 Å². The molecule has 0 saturated heterocycles. The van der Waals surface area contributed by atoms with Gasteiger partial charge in [0.05, 0.1) is 0 Å². The Morgan fingerprint density at radius 2 is 1.62 bits per heavy atom. The molecule has 7 heteroatoms. The van der Waals surface area contributed by atoms with Gasteiger partial charge >= 0.3 is 0 Å². The van der Waals surface area contributed by atoms with E-state index in [0.29, 0.717) is 16.1 Å². The smallest absolute Gasteiger partial charge is 0.191 e. The lowest BCUT2D eigenvalue weighted by molar-refractivity contribution is 0.794. The second-order valence-electron chi connectivity index (χ2n) is 2.00. The first kappa shape index (κ1) is 10.7. The Hall–Kier alpha value is -0.400. The van der Waals surface area contributed by atoms with Gasteiger partial charge in [-0.1, -0.05) is 35.7 Å². The highest BCUT2D eigenvalue weighted by Crippen LogP contribution is 2.13. The molecule has 13 heavy (non-hydrogen) atoms. The second-order valence-corrected chi connectivity index (χ2v) is 3.98. The van der Waals surface area contributed by atoms with Gasteiger partial charge in [0.1, 0.15) is 4.99 Å². The third-order valence-electron chi connectivity index (χ3n) is 1.18. The van der Waals surface area contributed by atoms with Gasteiger partial charge in [0.25, 0.3) is 0 Å². The molecule has 0 unspecified atom stereocenters. The van der Waals surface area contributed by atoms with E-state index in [1.165, 1.54) is 23.5 Å². The fourth-order valence-corrected chi connectivity index (χ4v) is 1.49. The number of thiocarbonyl (C=S) groups is 1. The van der Waals surface area contributed by atoms with E-state index in [2.05, 4.69) is 15.0 Å². The third kappa shape index (κ3) is 2.78. The minimum Gasteiger partial charge on any atom is -0.387 e. The first-order valence-corrected chi connectivity index (χ1v) is 6.17. The van der Waals surface area contributed by atoms with Crippen LogP contribution in [0.2, 0.25) is 0 Å². The molecule has 0 aliphatic rings. The third-order valence-corrected chi connectivity index (χ3v) is 2.46. The number of nitrogens with two attached hydrogens (primary N) is 1. The van der Waals surface area contributed by atoms with Crippen LogP contribution in [0.15, 0.2) is 10.3 Å². The Morgan fingerprint density at radius 1 is 1.15 bits per heavy atom. The summed E-state index contributed by atoms with van der Waals surface area (Å²) in [7, 11) is 0. The average Bonchev–Trinajstić information content (AvgIpc) is 2.16. The van der Waals surface area contributed by atoms with Gasteiger partial charge in [0.15, 0.2) is 16.1 Å². The Balaban J connectivity index is 3.14. The predicted octanol–water partition coefficient (Wildman–Crippen LogP) is 0.950. The molecule has 0 aliphatic carbocycles. The summed E-state index contributed by atoms with van der Waals surface area (Å²) >= 11 is 7.66. The van der Waals surface area contributed by atoms with Crippen LogP contribution >= 0.6 is 35.7 Å². The van der Waals surface area contributed by atoms with Crippen LogP contribution in [0.5, 0.6) is 0 Å². The van der Waals surface area contributed by atoms with E-state index in [1.807, 2.05) is 12.5 Å². The van der Waals surface area contributed by atoms with Gasteiger partial charge in [-0.15, -0.1) is 0 Å². The Kier molecular flexibility index (Phi) is 3.89. The summed E-state index contributed by atoms with van der Waals surface area (Å²) < 4.78 is 0. The van der Waals surface area contributed by atoms with E-state index < -0.39 is 0 Å². The molecule has 70 valence electrons. The van der Waals surface area contributed by atoms with Gasteiger partial charge in [-0.3, -0.25) is 0 Å². The standard InChI is InChI=1S/C6H8N4S3/c1-12-5-8-4(3(7)11)9-6(10-5)13-2/h1-2H3,(H2,7,11). The molecule has 1 rings (SSSR count). The maximum atomic E-state index is 5.42. The summed E-state index contributed by atoms with van der Waals surface area (Å²) in [4.78, 5) is 12.5. The summed E-state index contributed by atoms with van der Waals surface area (Å²) in [5, 5.41) is 1.28. The van der Waals surface area contributed by atoms with Crippen molar-refractivity contribution in [2.24, 2.45) is 5.73 Å². The first-order chi connectivity index (χ1) is 6.17. The van der Waals surface area contributed by atoms with Crippen molar-refractivity contribution in [3.63, 3.8) is 0 Å². The molecular formula is C6H8N4S3. The van der Waals surface area contributed by atoms with Crippen LogP contribution < -0.4 is 5.73 Å². The average molecular weight is 232 g/mol.